The highest BCUT2D eigenvalue weighted by Gasteiger charge is 2.42. The molecule has 0 unspecified atom stereocenters. The zero-order valence-electron chi connectivity index (χ0n) is 36.2. The molecule has 2 aliphatic carbocycles. The second-order valence-corrected chi connectivity index (χ2v) is 17.0. The van der Waals surface area contributed by atoms with Crippen LogP contribution in [0, 0.1) is 5.92 Å². The largest absolute Gasteiger partial charge is 0.491 e. The number of amides is 3. The lowest BCUT2D eigenvalue weighted by atomic mass is 9.82. The molecular weight excluding hydrogens is 858 g/mol. The van der Waals surface area contributed by atoms with Crippen LogP contribution in [0.25, 0.3) is 0 Å². The van der Waals surface area contributed by atoms with Crippen molar-refractivity contribution in [2.75, 3.05) is 73.1 Å². The number of nitrogens with one attached hydrogen (secondary N) is 3. The van der Waals surface area contributed by atoms with Gasteiger partial charge in [0.1, 0.15) is 31.0 Å². The molecule has 6 rings (SSSR count). The van der Waals surface area contributed by atoms with Gasteiger partial charge in [-0.3, -0.25) is 14.4 Å². The van der Waals surface area contributed by atoms with E-state index in [4.69, 9.17) is 28.4 Å². The molecule has 3 N–H and O–H groups in total. The fraction of sp³-hybridized carbons (Fsp3) is 0.574. The first-order valence-electron chi connectivity index (χ1n) is 22.3. The normalized spacial score (nSPS) is 18.5. The molecule has 3 aromatic rings. The highest BCUT2D eigenvalue weighted by Crippen LogP contribution is 2.34. The van der Waals surface area contributed by atoms with Crippen molar-refractivity contribution in [3.8, 4) is 11.6 Å². The molecule has 0 bridgehead atoms. The molecule has 1 saturated carbocycles. The summed E-state index contributed by atoms with van der Waals surface area (Å²) in [6, 6.07) is 15.8. The molecule has 14 nitrogen and oxygen atoms in total. The molecule has 62 heavy (non-hydrogen) atoms. The molecule has 338 valence electrons. The maximum atomic E-state index is 14.9. The van der Waals surface area contributed by atoms with E-state index in [-0.39, 0.29) is 36.2 Å². The highest BCUT2D eigenvalue weighted by atomic mass is 79.9. The van der Waals surface area contributed by atoms with Gasteiger partial charge in [-0.25, -0.2) is 4.98 Å². The maximum absolute atomic E-state index is 14.9. The van der Waals surface area contributed by atoms with Crippen molar-refractivity contribution >= 4 is 33.7 Å². The minimum absolute atomic E-state index is 0.00274. The van der Waals surface area contributed by atoms with Crippen LogP contribution >= 0.6 is 15.9 Å². The van der Waals surface area contributed by atoms with Crippen LogP contribution in [-0.2, 0) is 52.7 Å². The summed E-state index contributed by atoms with van der Waals surface area (Å²) in [5.74, 6) is 0.610. The molecule has 4 atom stereocenters. The molecule has 0 radical (unpaired) electrons. The number of aromatic nitrogens is 1. The molecule has 15 heteroatoms. The Balaban J connectivity index is 0.967. The molecule has 1 aliphatic heterocycles. The molecule has 1 aromatic heterocycles. The SMILES string of the molecule is CN[C@@H](C)C(=O)N[C@H](C(=O)N1Cc2cc(OCCOCCOCCOCCOCCOc3ccc(Br)cn3)ccc2C[C@@H]1C(=O)N[C@H]1CCCc2ccccc21)C1CCCCC1. The van der Waals surface area contributed by atoms with Crippen molar-refractivity contribution < 1.29 is 42.8 Å². The van der Waals surface area contributed by atoms with Gasteiger partial charge in [0, 0.05) is 29.7 Å². The Labute approximate surface area is 374 Å². The van der Waals surface area contributed by atoms with Crippen LogP contribution in [0.1, 0.15) is 80.2 Å². The number of halogens is 1. The van der Waals surface area contributed by atoms with E-state index in [1.54, 1.807) is 31.1 Å². The van der Waals surface area contributed by atoms with Gasteiger partial charge < -0.3 is 49.3 Å². The van der Waals surface area contributed by atoms with Crippen LogP contribution in [0.3, 0.4) is 0 Å². The van der Waals surface area contributed by atoms with Crippen molar-refractivity contribution in [2.45, 2.75) is 95.4 Å². The van der Waals surface area contributed by atoms with Gasteiger partial charge in [-0.15, -0.1) is 0 Å². The van der Waals surface area contributed by atoms with Crippen LogP contribution < -0.4 is 25.4 Å². The number of nitrogens with zero attached hydrogens (tertiary/aromatic N) is 2. The fourth-order valence-corrected chi connectivity index (χ4v) is 8.59. The molecule has 2 aromatic carbocycles. The first kappa shape index (κ1) is 47.4. The third-order valence-electron chi connectivity index (χ3n) is 11.9. The number of hydrogen-bond donors (Lipinski definition) is 3. The van der Waals surface area contributed by atoms with Crippen LogP contribution in [0.2, 0.25) is 0 Å². The first-order chi connectivity index (χ1) is 30.3. The number of rotatable bonds is 24. The minimum atomic E-state index is -0.728. The molecule has 0 spiro atoms. The fourth-order valence-electron chi connectivity index (χ4n) is 8.36. The van der Waals surface area contributed by atoms with Gasteiger partial charge >= 0.3 is 0 Å². The van der Waals surface area contributed by atoms with Crippen molar-refractivity contribution in [1.29, 1.82) is 0 Å². The summed E-state index contributed by atoms with van der Waals surface area (Å²) in [4.78, 5) is 48.4. The Hall–Kier alpha value is -4.12. The second-order valence-electron chi connectivity index (χ2n) is 16.1. The smallest absolute Gasteiger partial charge is 0.246 e. The van der Waals surface area contributed by atoms with E-state index >= 15 is 0 Å². The molecule has 2 heterocycles. The molecule has 1 fully saturated rings. The second kappa shape index (κ2) is 25.2. The Morgan fingerprint density at radius 1 is 0.774 bits per heavy atom. The zero-order valence-corrected chi connectivity index (χ0v) is 37.8. The lowest BCUT2D eigenvalue weighted by Crippen LogP contribution is -2.60. The van der Waals surface area contributed by atoms with E-state index in [9.17, 15) is 14.4 Å². The summed E-state index contributed by atoms with van der Waals surface area (Å²) in [6.07, 6.45) is 9.70. The van der Waals surface area contributed by atoms with Crippen LogP contribution in [0.15, 0.2) is 65.3 Å². The minimum Gasteiger partial charge on any atom is -0.491 e. The highest BCUT2D eigenvalue weighted by molar-refractivity contribution is 9.10. The first-order valence-corrected chi connectivity index (χ1v) is 23.1. The molecular formula is C47H64BrN5O9. The summed E-state index contributed by atoms with van der Waals surface area (Å²) in [5, 5.41) is 9.45. The van der Waals surface area contributed by atoms with E-state index < -0.39 is 18.1 Å². The number of ether oxygens (including phenoxy) is 6. The molecule has 3 amide bonds. The number of carbonyl (C=O) groups is 3. The van der Waals surface area contributed by atoms with Gasteiger partial charge in [0.15, 0.2) is 0 Å². The Morgan fingerprint density at radius 3 is 2.13 bits per heavy atom. The summed E-state index contributed by atoms with van der Waals surface area (Å²) < 4.78 is 35.0. The number of likely N-dealkylation sites (N-methyl/N-ethyl adjacent to an activating group) is 1. The predicted molar refractivity (Wildman–Crippen MR) is 238 cm³/mol. The van der Waals surface area contributed by atoms with E-state index in [1.165, 1.54) is 5.56 Å². The topological polar surface area (TPSA) is 159 Å². The maximum Gasteiger partial charge on any atom is 0.246 e. The predicted octanol–water partition coefficient (Wildman–Crippen LogP) is 5.49. The number of carbonyl (C=O) groups excluding carboxylic acids is 3. The standard InChI is InChI=1S/C47H64BrN5O9/c1-33(49-2)45(54)52-44(35-10-4-3-5-11-35)47(56)53-32-37-29-39(17-15-36(37)30-42(53)46(55)51-41-14-8-12-34-9-6-7-13-40(34)41)61-27-25-59-23-21-57-19-20-58-22-24-60-26-28-62-43-18-16-38(48)31-50-43/h6-7,9,13,15-18,29,31,33,35,41-42,44,49H,3-5,8,10-12,14,19-28,30,32H2,1-2H3,(H,51,55)(H,52,54)/t33-,41-,42+,44-/m0/s1. The zero-order chi connectivity index (χ0) is 43.5. The van der Waals surface area contributed by atoms with Crippen molar-refractivity contribution in [1.82, 2.24) is 25.8 Å². The van der Waals surface area contributed by atoms with Crippen molar-refractivity contribution in [3.63, 3.8) is 0 Å². The van der Waals surface area contributed by atoms with E-state index in [2.05, 4.69) is 49.0 Å². The van der Waals surface area contributed by atoms with Gasteiger partial charge in [0.05, 0.1) is 64.9 Å². The van der Waals surface area contributed by atoms with E-state index in [0.717, 1.165) is 72.5 Å². The molecule has 0 saturated heterocycles. The average molecular weight is 923 g/mol. The van der Waals surface area contributed by atoms with Gasteiger partial charge in [-0.2, -0.15) is 0 Å². The van der Waals surface area contributed by atoms with E-state index in [1.807, 2.05) is 36.4 Å². The Bertz CT molecular complexity index is 1860. The van der Waals surface area contributed by atoms with E-state index in [0.29, 0.717) is 84.1 Å². The van der Waals surface area contributed by atoms with Crippen molar-refractivity contribution in [2.24, 2.45) is 5.92 Å². The third-order valence-corrected chi connectivity index (χ3v) is 12.4. The number of hydrogen-bond acceptors (Lipinski definition) is 11. The number of fused-ring (bicyclic) bond motifs is 2. The summed E-state index contributed by atoms with van der Waals surface area (Å²) >= 11 is 3.35. The summed E-state index contributed by atoms with van der Waals surface area (Å²) in [7, 11) is 1.73. The summed E-state index contributed by atoms with van der Waals surface area (Å²) in [6.45, 7) is 6.28. The van der Waals surface area contributed by atoms with Crippen molar-refractivity contribution in [3.05, 3.63) is 87.5 Å². The molecule has 3 aliphatic rings. The van der Waals surface area contributed by atoms with Crippen LogP contribution in [0.5, 0.6) is 11.6 Å². The average Bonchev–Trinajstić information content (AvgIpc) is 3.30. The summed E-state index contributed by atoms with van der Waals surface area (Å²) in [5.41, 5.74) is 4.32. The lowest BCUT2D eigenvalue weighted by Gasteiger charge is -2.41. The Kier molecular flexibility index (Phi) is 19.3. The quantitative estimate of drug-likeness (QED) is 0.0977. The van der Waals surface area contributed by atoms with Gasteiger partial charge in [-0.1, -0.05) is 49.6 Å². The lowest BCUT2D eigenvalue weighted by molar-refractivity contribution is -0.146. The van der Waals surface area contributed by atoms with Crippen LogP contribution in [0.4, 0.5) is 0 Å². The third kappa shape index (κ3) is 14.2. The number of aryl methyl sites for hydroxylation is 1. The van der Waals surface area contributed by atoms with Crippen LogP contribution in [-0.4, -0.2) is 119 Å². The Morgan fingerprint density at radius 2 is 1.45 bits per heavy atom. The monoisotopic (exact) mass is 921 g/mol. The number of pyridine rings is 1. The number of benzene rings is 2. The van der Waals surface area contributed by atoms with Gasteiger partial charge in [0.2, 0.25) is 23.6 Å². The van der Waals surface area contributed by atoms with Gasteiger partial charge in [0.25, 0.3) is 0 Å². The van der Waals surface area contributed by atoms with Gasteiger partial charge in [-0.05, 0) is 108 Å².